The molecular weight excluding hydrogens is 306 g/mol. The van der Waals surface area contributed by atoms with Crippen molar-refractivity contribution >= 4 is 17.6 Å². The van der Waals surface area contributed by atoms with Crippen molar-refractivity contribution in [3.8, 4) is 5.75 Å². The highest BCUT2D eigenvalue weighted by Crippen LogP contribution is 2.28. The van der Waals surface area contributed by atoms with Gasteiger partial charge in [-0.1, -0.05) is 49.4 Å². The largest absolute Gasteiger partial charge is 0.487 e. The molecule has 6 heteroatoms. The Morgan fingerprint density at radius 3 is 2.46 bits per heavy atom. The lowest BCUT2D eigenvalue weighted by Crippen LogP contribution is -2.43. The Morgan fingerprint density at radius 1 is 1.00 bits per heavy atom. The third kappa shape index (κ3) is 5.01. The SMILES string of the molecule is CCC(=O)NNC(=O)Nc1c(C)cccc1OCc1ccccc1. The van der Waals surface area contributed by atoms with E-state index in [1.165, 1.54) is 0 Å². The Balaban J connectivity index is 2.03. The molecule has 0 saturated carbocycles. The van der Waals surface area contributed by atoms with Crippen LogP contribution in [0.4, 0.5) is 10.5 Å². The van der Waals surface area contributed by atoms with Gasteiger partial charge in [0.1, 0.15) is 12.4 Å². The fraction of sp³-hybridized carbons (Fsp3) is 0.222. The molecule has 0 fully saturated rings. The van der Waals surface area contributed by atoms with E-state index in [4.69, 9.17) is 4.74 Å². The third-order valence-corrected chi connectivity index (χ3v) is 3.35. The number of nitrogens with one attached hydrogen (secondary N) is 3. The maximum atomic E-state index is 11.9. The molecule has 24 heavy (non-hydrogen) atoms. The van der Waals surface area contributed by atoms with Gasteiger partial charge in [0.2, 0.25) is 5.91 Å². The highest BCUT2D eigenvalue weighted by Gasteiger charge is 2.11. The number of urea groups is 1. The zero-order chi connectivity index (χ0) is 17.4. The number of ether oxygens (including phenoxy) is 1. The molecular formula is C18H21N3O3. The van der Waals surface area contributed by atoms with Crippen molar-refractivity contribution in [2.75, 3.05) is 5.32 Å². The normalized spacial score (nSPS) is 9.92. The molecule has 2 aromatic rings. The van der Waals surface area contributed by atoms with Gasteiger partial charge in [-0.3, -0.25) is 10.2 Å². The predicted octanol–water partition coefficient (Wildman–Crippen LogP) is 3.14. The summed E-state index contributed by atoms with van der Waals surface area (Å²) >= 11 is 0. The van der Waals surface area contributed by atoms with Gasteiger partial charge in [0.15, 0.2) is 0 Å². The van der Waals surface area contributed by atoms with Crippen molar-refractivity contribution in [2.24, 2.45) is 0 Å². The maximum absolute atomic E-state index is 11.9. The first-order chi connectivity index (χ1) is 11.6. The second-order valence-electron chi connectivity index (χ2n) is 5.20. The lowest BCUT2D eigenvalue weighted by atomic mass is 10.2. The van der Waals surface area contributed by atoms with Gasteiger partial charge in [-0.2, -0.15) is 0 Å². The minimum atomic E-state index is -0.532. The average molecular weight is 327 g/mol. The van der Waals surface area contributed by atoms with Crippen LogP contribution in [0.15, 0.2) is 48.5 Å². The Bertz CT molecular complexity index is 702. The third-order valence-electron chi connectivity index (χ3n) is 3.35. The van der Waals surface area contributed by atoms with Crippen molar-refractivity contribution in [3.63, 3.8) is 0 Å². The van der Waals surface area contributed by atoms with E-state index in [9.17, 15) is 9.59 Å². The van der Waals surface area contributed by atoms with Crippen molar-refractivity contribution in [1.29, 1.82) is 0 Å². The average Bonchev–Trinajstić information content (AvgIpc) is 2.61. The van der Waals surface area contributed by atoms with Gasteiger partial charge in [-0.25, -0.2) is 10.2 Å². The van der Waals surface area contributed by atoms with Crippen LogP contribution in [0.1, 0.15) is 24.5 Å². The number of anilines is 1. The molecule has 0 heterocycles. The second-order valence-corrected chi connectivity index (χ2v) is 5.20. The highest BCUT2D eigenvalue weighted by molar-refractivity contribution is 5.93. The number of carbonyl (C=O) groups is 2. The molecule has 126 valence electrons. The van der Waals surface area contributed by atoms with Crippen molar-refractivity contribution in [2.45, 2.75) is 26.9 Å². The fourth-order valence-electron chi connectivity index (χ4n) is 2.02. The van der Waals surface area contributed by atoms with Gasteiger partial charge in [-0.05, 0) is 24.1 Å². The summed E-state index contributed by atoms with van der Waals surface area (Å²) in [4.78, 5) is 23.1. The van der Waals surface area contributed by atoms with Crippen LogP contribution in [0.3, 0.4) is 0 Å². The molecule has 0 radical (unpaired) electrons. The Hall–Kier alpha value is -3.02. The molecule has 0 aliphatic carbocycles. The molecule has 0 bridgehead atoms. The molecule has 0 spiro atoms. The van der Waals surface area contributed by atoms with Crippen LogP contribution >= 0.6 is 0 Å². The van der Waals surface area contributed by atoms with Gasteiger partial charge in [0.25, 0.3) is 0 Å². The molecule has 0 aliphatic heterocycles. The van der Waals surface area contributed by atoms with Crippen LogP contribution in [0.25, 0.3) is 0 Å². The number of benzene rings is 2. The molecule has 2 aromatic carbocycles. The molecule has 0 saturated heterocycles. The van der Waals surface area contributed by atoms with E-state index in [0.29, 0.717) is 18.0 Å². The molecule has 2 rings (SSSR count). The molecule has 6 nitrogen and oxygen atoms in total. The van der Waals surface area contributed by atoms with E-state index in [-0.39, 0.29) is 12.3 Å². The molecule has 0 aliphatic rings. The van der Waals surface area contributed by atoms with E-state index in [0.717, 1.165) is 11.1 Å². The predicted molar refractivity (Wildman–Crippen MR) is 92.5 cm³/mol. The van der Waals surface area contributed by atoms with E-state index >= 15 is 0 Å². The number of rotatable bonds is 5. The van der Waals surface area contributed by atoms with Crippen molar-refractivity contribution in [3.05, 3.63) is 59.7 Å². The van der Waals surface area contributed by atoms with Crippen LogP contribution in [0, 0.1) is 6.92 Å². The van der Waals surface area contributed by atoms with Crippen LogP contribution in [0.5, 0.6) is 5.75 Å². The zero-order valence-electron chi connectivity index (χ0n) is 13.8. The Kier molecular flexibility index (Phi) is 6.19. The van der Waals surface area contributed by atoms with E-state index in [1.54, 1.807) is 13.0 Å². The van der Waals surface area contributed by atoms with E-state index in [2.05, 4.69) is 16.2 Å². The molecule has 3 N–H and O–H groups in total. The lowest BCUT2D eigenvalue weighted by Gasteiger charge is -2.15. The maximum Gasteiger partial charge on any atom is 0.338 e. The molecule has 0 aromatic heterocycles. The number of hydrogen-bond donors (Lipinski definition) is 3. The number of carbonyl (C=O) groups excluding carboxylic acids is 2. The lowest BCUT2D eigenvalue weighted by molar-refractivity contribution is -0.121. The van der Waals surface area contributed by atoms with Crippen LogP contribution in [-0.2, 0) is 11.4 Å². The summed E-state index contributed by atoms with van der Waals surface area (Å²) in [5, 5.41) is 2.70. The number of amides is 3. The standard InChI is InChI=1S/C18H21N3O3/c1-3-16(22)20-21-18(23)19-17-13(2)8-7-11-15(17)24-12-14-9-5-4-6-10-14/h4-11H,3,12H2,1-2H3,(H,20,22)(H2,19,21,23). The van der Waals surface area contributed by atoms with Gasteiger partial charge < -0.3 is 10.1 Å². The summed E-state index contributed by atoms with van der Waals surface area (Å²) in [6.07, 6.45) is 0.288. The number of aryl methyl sites for hydroxylation is 1. The fourth-order valence-corrected chi connectivity index (χ4v) is 2.02. The zero-order valence-corrected chi connectivity index (χ0v) is 13.8. The smallest absolute Gasteiger partial charge is 0.338 e. The van der Waals surface area contributed by atoms with E-state index < -0.39 is 6.03 Å². The van der Waals surface area contributed by atoms with Gasteiger partial charge in [0.05, 0.1) is 5.69 Å². The highest BCUT2D eigenvalue weighted by atomic mass is 16.5. The summed E-state index contributed by atoms with van der Waals surface area (Å²) in [5.41, 5.74) is 7.07. The summed E-state index contributed by atoms with van der Waals surface area (Å²) < 4.78 is 5.82. The Morgan fingerprint density at radius 2 is 1.75 bits per heavy atom. The summed E-state index contributed by atoms with van der Waals surface area (Å²) in [7, 11) is 0. The van der Waals surface area contributed by atoms with Crippen molar-refractivity contribution in [1.82, 2.24) is 10.9 Å². The van der Waals surface area contributed by atoms with Crippen molar-refractivity contribution < 1.29 is 14.3 Å². The van der Waals surface area contributed by atoms with Gasteiger partial charge in [0, 0.05) is 6.42 Å². The monoisotopic (exact) mass is 327 g/mol. The van der Waals surface area contributed by atoms with Crippen LogP contribution in [-0.4, -0.2) is 11.9 Å². The molecule has 0 unspecified atom stereocenters. The van der Waals surface area contributed by atoms with Gasteiger partial charge >= 0.3 is 6.03 Å². The van der Waals surface area contributed by atoms with Gasteiger partial charge in [-0.15, -0.1) is 0 Å². The summed E-state index contributed by atoms with van der Waals surface area (Å²) in [6.45, 7) is 3.97. The number of para-hydroxylation sites is 1. The van der Waals surface area contributed by atoms with Crippen LogP contribution in [0.2, 0.25) is 0 Å². The first kappa shape index (κ1) is 17.3. The number of hydrazine groups is 1. The molecule has 0 atom stereocenters. The minimum absolute atomic E-state index is 0.268. The Labute approximate surface area is 141 Å². The first-order valence-electron chi connectivity index (χ1n) is 7.72. The second kappa shape index (κ2) is 8.57. The quantitative estimate of drug-likeness (QED) is 0.738. The topological polar surface area (TPSA) is 79.5 Å². The summed E-state index contributed by atoms with van der Waals surface area (Å²) in [5.74, 6) is 0.298. The van der Waals surface area contributed by atoms with E-state index in [1.807, 2.05) is 49.4 Å². The number of hydrogen-bond acceptors (Lipinski definition) is 3. The first-order valence-corrected chi connectivity index (χ1v) is 7.72. The summed E-state index contributed by atoms with van der Waals surface area (Å²) in [6, 6.07) is 14.7. The molecule has 3 amide bonds. The van der Waals surface area contributed by atoms with Crippen LogP contribution < -0.4 is 20.9 Å². The minimum Gasteiger partial charge on any atom is -0.487 e.